The molecule has 0 unspecified atom stereocenters. The molecule has 0 saturated heterocycles. The molecule has 2 aromatic carbocycles. The number of carbonyl (C=O) groups is 1. The highest BCUT2D eigenvalue weighted by Crippen LogP contribution is 2.24. The van der Waals surface area contributed by atoms with Crippen molar-refractivity contribution in [1.29, 1.82) is 0 Å². The summed E-state index contributed by atoms with van der Waals surface area (Å²) in [7, 11) is 0. The Labute approximate surface area is 145 Å². The predicted octanol–water partition coefficient (Wildman–Crippen LogP) is 5.09. The van der Waals surface area contributed by atoms with E-state index in [1.165, 1.54) is 0 Å². The van der Waals surface area contributed by atoms with Crippen molar-refractivity contribution in [2.24, 2.45) is 0 Å². The normalized spacial score (nSPS) is 10.2. The Morgan fingerprint density at radius 1 is 1.08 bits per heavy atom. The zero-order valence-electron chi connectivity index (χ0n) is 13.0. The lowest BCUT2D eigenvalue weighted by Gasteiger charge is -2.09. The fraction of sp³-hybridized carbons (Fsp3) is 0.0526. The Morgan fingerprint density at radius 2 is 1.96 bits per heavy atom. The average Bonchev–Trinajstić information content (AvgIpc) is 2.58. The van der Waals surface area contributed by atoms with Gasteiger partial charge in [-0.1, -0.05) is 29.8 Å². The van der Waals surface area contributed by atoms with Crippen LogP contribution in [0.15, 0.2) is 66.9 Å². The molecule has 0 saturated carbocycles. The van der Waals surface area contributed by atoms with Gasteiger partial charge in [0.25, 0.3) is 5.91 Å². The Kier molecular flexibility index (Phi) is 4.77. The number of carbonyl (C=O) groups excluding carboxylic acids is 1. The van der Waals surface area contributed by atoms with Crippen molar-refractivity contribution in [1.82, 2.24) is 4.98 Å². The number of hydrogen-bond donors (Lipinski definition) is 1. The number of aryl methyl sites for hydroxylation is 1. The second-order valence-electron chi connectivity index (χ2n) is 5.24. The van der Waals surface area contributed by atoms with Crippen LogP contribution in [0, 0.1) is 6.92 Å². The smallest absolute Gasteiger partial charge is 0.255 e. The van der Waals surface area contributed by atoms with E-state index in [0.717, 1.165) is 5.56 Å². The molecule has 0 aliphatic carbocycles. The Morgan fingerprint density at radius 3 is 2.71 bits per heavy atom. The molecule has 0 aliphatic rings. The fourth-order valence-electron chi connectivity index (χ4n) is 2.15. The molecule has 120 valence electrons. The number of nitrogens with one attached hydrogen (secondary N) is 1. The van der Waals surface area contributed by atoms with Gasteiger partial charge in [0.15, 0.2) is 0 Å². The van der Waals surface area contributed by atoms with Gasteiger partial charge in [-0.3, -0.25) is 4.79 Å². The van der Waals surface area contributed by atoms with Crippen LogP contribution in [0.25, 0.3) is 0 Å². The quantitative estimate of drug-likeness (QED) is 0.721. The largest absolute Gasteiger partial charge is 0.439 e. The van der Waals surface area contributed by atoms with Crippen molar-refractivity contribution in [3.8, 4) is 11.6 Å². The van der Waals surface area contributed by atoms with E-state index >= 15 is 0 Å². The van der Waals surface area contributed by atoms with Gasteiger partial charge >= 0.3 is 0 Å². The summed E-state index contributed by atoms with van der Waals surface area (Å²) in [5.74, 6) is 0.750. The summed E-state index contributed by atoms with van der Waals surface area (Å²) in [6.07, 6.45) is 1.64. The van der Waals surface area contributed by atoms with Gasteiger partial charge < -0.3 is 10.1 Å². The minimum Gasteiger partial charge on any atom is -0.439 e. The molecule has 1 N–H and O–H groups in total. The lowest BCUT2D eigenvalue weighted by molar-refractivity contribution is 0.102. The van der Waals surface area contributed by atoms with Gasteiger partial charge in [-0.25, -0.2) is 4.98 Å². The molecule has 1 amide bonds. The van der Waals surface area contributed by atoms with Crippen LogP contribution in [0.2, 0.25) is 5.02 Å². The summed E-state index contributed by atoms with van der Waals surface area (Å²) < 4.78 is 5.64. The van der Waals surface area contributed by atoms with E-state index in [2.05, 4.69) is 10.3 Å². The third kappa shape index (κ3) is 3.91. The molecular weight excluding hydrogens is 324 g/mol. The van der Waals surface area contributed by atoms with Crippen molar-refractivity contribution in [3.05, 3.63) is 83.0 Å². The molecule has 5 heteroatoms. The van der Waals surface area contributed by atoms with Crippen LogP contribution in [0.1, 0.15) is 15.9 Å². The van der Waals surface area contributed by atoms with Crippen LogP contribution in [-0.2, 0) is 0 Å². The van der Waals surface area contributed by atoms with E-state index in [4.69, 9.17) is 16.3 Å². The first-order valence-corrected chi connectivity index (χ1v) is 7.76. The van der Waals surface area contributed by atoms with Gasteiger partial charge in [-0.2, -0.15) is 0 Å². The molecule has 0 fully saturated rings. The maximum atomic E-state index is 12.4. The van der Waals surface area contributed by atoms with Gasteiger partial charge in [0.2, 0.25) is 5.88 Å². The highest BCUT2D eigenvalue weighted by atomic mass is 35.5. The van der Waals surface area contributed by atoms with Crippen LogP contribution in [0.3, 0.4) is 0 Å². The number of benzene rings is 2. The van der Waals surface area contributed by atoms with Crippen LogP contribution in [0.5, 0.6) is 11.6 Å². The lowest BCUT2D eigenvalue weighted by Crippen LogP contribution is -2.12. The highest BCUT2D eigenvalue weighted by Gasteiger charge is 2.10. The van der Waals surface area contributed by atoms with Crippen LogP contribution >= 0.6 is 11.6 Å². The van der Waals surface area contributed by atoms with Gasteiger partial charge in [-0.15, -0.1) is 0 Å². The molecule has 0 atom stereocenters. The maximum Gasteiger partial charge on any atom is 0.255 e. The van der Waals surface area contributed by atoms with Crippen molar-refractivity contribution in [2.45, 2.75) is 6.92 Å². The molecule has 0 radical (unpaired) electrons. The summed E-state index contributed by atoms with van der Waals surface area (Å²) >= 11 is 6.15. The molecule has 1 aromatic heterocycles. The van der Waals surface area contributed by atoms with Crippen LogP contribution < -0.4 is 10.1 Å². The van der Waals surface area contributed by atoms with E-state index in [1.54, 1.807) is 48.7 Å². The van der Waals surface area contributed by atoms with E-state index in [0.29, 0.717) is 27.9 Å². The van der Waals surface area contributed by atoms with E-state index in [9.17, 15) is 4.79 Å². The van der Waals surface area contributed by atoms with Crippen LogP contribution in [-0.4, -0.2) is 10.9 Å². The standard InChI is InChI=1S/C19H15ClN2O2/c1-13-8-9-17(16(20)11-13)22-19(23)14-5-4-6-15(12-14)24-18-7-2-3-10-21-18/h2-12H,1H3,(H,22,23). The first kappa shape index (κ1) is 16.0. The number of nitrogens with zero attached hydrogens (tertiary/aromatic N) is 1. The number of amides is 1. The first-order valence-electron chi connectivity index (χ1n) is 7.38. The van der Waals surface area contributed by atoms with Gasteiger partial charge in [-0.05, 0) is 48.9 Å². The molecule has 3 rings (SSSR count). The molecular formula is C19H15ClN2O2. The first-order chi connectivity index (χ1) is 11.6. The minimum absolute atomic E-state index is 0.257. The van der Waals surface area contributed by atoms with Crippen LogP contribution in [0.4, 0.5) is 5.69 Å². The molecule has 0 bridgehead atoms. The van der Waals surface area contributed by atoms with Crippen molar-refractivity contribution >= 4 is 23.2 Å². The van der Waals surface area contributed by atoms with Gasteiger partial charge in [0, 0.05) is 17.8 Å². The zero-order valence-corrected chi connectivity index (χ0v) is 13.7. The Balaban J connectivity index is 1.77. The summed E-state index contributed by atoms with van der Waals surface area (Å²) in [6.45, 7) is 1.94. The topological polar surface area (TPSA) is 51.2 Å². The zero-order chi connectivity index (χ0) is 16.9. The highest BCUT2D eigenvalue weighted by molar-refractivity contribution is 6.34. The maximum absolute atomic E-state index is 12.4. The van der Waals surface area contributed by atoms with E-state index in [1.807, 2.05) is 25.1 Å². The lowest BCUT2D eigenvalue weighted by atomic mass is 10.2. The second-order valence-corrected chi connectivity index (χ2v) is 5.64. The number of aromatic nitrogens is 1. The number of ether oxygens (including phenoxy) is 1. The molecule has 0 aliphatic heterocycles. The predicted molar refractivity (Wildman–Crippen MR) is 94.9 cm³/mol. The molecule has 0 spiro atoms. The summed E-state index contributed by atoms with van der Waals surface area (Å²) in [6, 6.07) is 17.8. The number of rotatable bonds is 4. The second kappa shape index (κ2) is 7.15. The van der Waals surface area contributed by atoms with Crippen molar-refractivity contribution in [3.63, 3.8) is 0 Å². The SMILES string of the molecule is Cc1ccc(NC(=O)c2cccc(Oc3ccccn3)c2)c(Cl)c1. The number of anilines is 1. The molecule has 1 heterocycles. The van der Waals surface area contributed by atoms with E-state index < -0.39 is 0 Å². The summed E-state index contributed by atoms with van der Waals surface area (Å²) in [5, 5.41) is 3.31. The molecule has 24 heavy (non-hydrogen) atoms. The van der Waals surface area contributed by atoms with Crippen molar-refractivity contribution in [2.75, 3.05) is 5.32 Å². The third-order valence-corrected chi connectivity index (χ3v) is 3.64. The van der Waals surface area contributed by atoms with Crippen molar-refractivity contribution < 1.29 is 9.53 Å². The molecule has 3 aromatic rings. The monoisotopic (exact) mass is 338 g/mol. The number of pyridine rings is 1. The summed E-state index contributed by atoms with van der Waals surface area (Å²) in [5.41, 5.74) is 2.08. The average molecular weight is 339 g/mol. The molecule has 4 nitrogen and oxygen atoms in total. The number of halogens is 1. The minimum atomic E-state index is -0.257. The third-order valence-electron chi connectivity index (χ3n) is 3.33. The number of hydrogen-bond acceptors (Lipinski definition) is 3. The fourth-order valence-corrected chi connectivity index (χ4v) is 2.43. The van der Waals surface area contributed by atoms with Gasteiger partial charge in [0.05, 0.1) is 10.7 Å². The Bertz CT molecular complexity index is 866. The van der Waals surface area contributed by atoms with E-state index in [-0.39, 0.29) is 5.91 Å². The summed E-state index contributed by atoms with van der Waals surface area (Å²) in [4.78, 5) is 16.5. The Hall–Kier alpha value is -2.85. The van der Waals surface area contributed by atoms with Gasteiger partial charge in [0.1, 0.15) is 5.75 Å².